The maximum atomic E-state index is 15.4. The van der Waals surface area contributed by atoms with Gasteiger partial charge in [0.25, 0.3) is 5.91 Å². The highest BCUT2D eigenvalue weighted by Crippen LogP contribution is 2.60. The molecule has 288 valence electrons. The second kappa shape index (κ2) is 15.6. The molecule has 3 amide bonds. The first-order valence-electron chi connectivity index (χ1n) is 19.2. The lowest BCUT2D eigenvalue weighted by atomic mass is 9.82. The highest BCUT2D eigenvalue weighted by Gasteiger charge is 2.66. The summed E-state index contributed by atoms with van der Waals surface area (Å²) in [5.41, 5.74) is 2.60. The van der Waals surface area contributed by atoms with Crippen molar-refractivity contribution in [3.05, 3.63) is 114 Å². The molecule has 4 atom stereocenters. The standard InChI is InChI=1S/C44H51N3O7Si/c1-30-42(55(4,5)36-19-16-34(52-2)17-20-36)39(27-41(50)45(23-24-48)28-31-11-7-6-8-12-31)54-44(30)37-26-35(53-3)18-21-38(37)47(43(44)51)29-32-13-9-14-33(25-32)46-22-10-15-40(46)49/h6-9,11-14,16-21,25-26,30,39,42,48H,10,15,22-24,27-29H2,1-5H3/t30-,39+,42-,44+/m1/s1. The van der Waals surface area contributed by atoms with Gasteiger partial charge in [0, 0.05) is 43.2 Å². The molecule has 4 aromatic carbocycles. The smallest absolute Gasteiger partial charge is 0.264 e. The van der Waals surface area contributed by atoms with Gasteiger partial charge in [-0.3, -0.25) is 14.4 Å². The maximum absolute atomic E-state index is 15.4. The number of hydrogen-bond acceptors (Lipinski definition) is 7. The minimum Gasteiger partial charge on any atom is -0.497 e. The van der Waals surface area contributed by atoms with Crippen LogP contribution in [0.1, 0.15) is 42.9 Å². The van der Waals surface area contributed by atoms with Gasteiger partial charge in [-0.1, -0.05) is 79.8 Å². The van der Waals surface area contributed by atoms with Crippen molar-refractivity contribution in [1.29, 1.82) is 0 Å². The molecule has 1 N–H and O–H groups in total. The molecule has 1 spiro atoms. The van der Waals surface area contributed by atoms with E-state index in [9.17, 15) is 14.7 Å². The number of aliphatic hydroxyl groups excluding tert-OH is 1. The van der Waals surface area contributed by atoms with E-state index in [4.69, 9.17) is 14.2 Å². The van der Waals surface area contributed by atoms with E-state index < -0.39 is 19.8 Å². The highest BCUT2D eigenvalue weighted by molar-refractivity contribution is 6.91. The van der Waals surface area contributed by atoms with Gasteiger partial charge in [-0.2, -0.15) is 0 Å². The SMILES string of the molecule is COc1ccc([Si](C)(C)[C@H]2[C@H](CC(=O)N(CCO)Cc3ccccc3)O[C@@]3(C(=O)N(Cc4cccc(N5CCCC5=O)c4)c4ccc(OC)cc43)[C@@H]2C)cc1. The summed E-state index contributed by atoms with van der Waals surface area (Å²) in [6.07, 6.45) is 0.809. The molecule has 0 radical (unpaired) electrons. The number of benzene rings is 4. The topological polar surface area (TPSA) is 109 Å². The zero-order valence-electron chi connectivity index (χ0n) is 32.4. The molecular formula is C44H51N3O7Si. The summed E-state index contributed by atoms with van der Waals surface area (Å²) in [6.45, 7) is 8.01. The van der Waals surface area contributed by atoms with Crippen LogP contribution in [-0.2, 0) is 37.8 Å². The maximum Gasteiger partial charge on any atom is 0.264 e. The predicted molar refractivity (Wildman–Crippen MR) is 215 cm³/mol. The van der Waals surface area contributed by atoms with E-state index >= 15 is 4.79 Å². The van der Waals surface area contributed by atoms with Crippen LogP contribution in [0.4, 0.5) is 11.4 Å². The Hall–Kier alpha value is -4.97. The number of hydrogen-bond donors (Lipinski definition) is 1. The molecule has 2 fully saturated rings. The fourth-order valence-corrected chi connectivity index (χ4v) is 13.2. The van der Waals surface area contributed by atoms with Crippen molar-refractivity contribution in [3.63, 3.8) is 0 Å². The lowest BCUT2D eigenvalue weighted by Gasteiger charge is -2.37. The molecule has 4 aromatic rings. The molecular weight excluding hydrogens is 711 g/mol. The summed E-state index contributed by atoms with van der Waals surface area (Å²) >= 11 is 0. The predicted octanol–water partition coefficient (Wildman–Crippen LogP) is 6.00. The second-order valence-electron chi connectivity index (χ2n) is 15.5. The minimum atomic E-state index is -2.53. The first kappa shape index (κ1) is 38.3. The van der Waals surface area contributed by atoms with E-state index in [1.165, 1.54) is 5.19 Å². The number of fused-ring (bicyclic) bond motifs is 2. The third kappa shape index (κ3) is 7.05. The van der Waals surface area contributed by atoms with E-state index in [0.717, 1.165) is 40.2 Å². The highest BCUT2D eigenvalue weighted by atomic mass is 28.3. The van der Waals surface area contributed by atoms with E-state index in [1.807, 2.05) is 89.8 Å². The summed E-state index contributed by atoms with van der Waals surface area (Å²) in [6, 6.07) is 31.5. The van der Waals surface area contributed by atoms with Crippen molar-refractivity contribution < 1.29 is 33.7 Å². The molecule has 11 heteroatoms. The number of ether oxygens (including phenoxy) is 3. The summed E-state index contributed by atoms with van der Waals surface area (Å²) in [5.74, 6) is 0.827. The molecule has 0 aliphatic carbocycles. The van der Waals surface area contributed by atoms with Gasteiger partial charge in [-0.15, -0.1) is 0 Å². The van der Waals surface area contributed by atoms with E-state index in [1.54, 1.807) is 24.0 Å². The van der Waals surface area contributed by atoms with Gasteiger partial charge in [0.05, 0.1) is 53.7 Å². The van der Waals surface area contributed by atoms with Gasteiger partial charge in [-0.05, 0) is 65.6 Å². The van der Waals surface area contributed by atoms with Crippen LogP contribution in [0.25, 0.3) is 0 Å². The van der Waals surface area contributed by atoms with Crippen LogP contribution in [0.3, 0.4) is 0 Å². The van der Waals surface area contributed by atoms with Crippen molar-refractivity contribution in [3.8, 4) is 11.5 Å². The largest absolute Gasteiger partial charge is 0.497 e. The van der Waals surface area contributed by atoms with Crippen LogP contribution in [0.15, 0.2) is 97.1 Å². The number of methoxy groups -OCH3 is 2. The van der Waals surface area contributed by atoms with Crippen LogP contribution >= 0.6 is 0 Å². The third-order valence-corrected chi connectivity index (χ3v) is 16.4. The fourth-order valence-electron chi connectivity index (χ4n) is 9.22. The molecule has 0 unspecified atom stereocenters. The Bertz CT molecular complexity index is 2040. The normalized spacial score (nSPS) is 22.0. The molecule has 3 aliphatic rings. The Labute approximate surface area is 324 Å². The van der Waals surface area contributed by atoms with Crippen molar-refractivity contribution in [2.45, 2.75) is 69.6 Å². The average molecular weight is 762 g/mol. The number of carbonyl (C=O) groups excluding carboxylic acids is 3. The summed E-state index contributed by atoms with van der Waals surface area (Å²) in [7, 11) is 0.724. The molecule has 3 heterocycles. The molecule has 3 aliphatic heterocycles. The molecule has 55 heavy (non-hydrogen) atoms. The third-order valence-electron chi connectivity index (χ3n) is 12.0. The lowest BCUT2D eigenvalue weighted by molar-refractivity contribution is -0.150. The first-order valence-corrected chi connectivity index (χ1v) is 22.2. The molecule has 10 nitrogen and oxygen atoms in total. The van der Waals surface area contributed by atoms with Gasteiger partial charge in [-0.25, -0.2) is 0 Å². The van der Waals surface area contributed by atoms with Crippen LogP contribution in [0, 0.1) is 5.92 Å². The Kier molecular flexibility index (Phi) is 10.9. The van der Waals surface area contributed by atoms with E-state index in [0.29, 0.717) is 25.3 Å². The van der Waals surface area contributed by atoms with Crippen LogP contribution < -0.4 is 24.5 Å². The Morgan fingerprint density at radius 1 is 0.927 bits per heavy atom. The van der Waals surface area contributed by atoms with Crippen LogP contribution in [0.2, 0.25) is 18.6 Å². The second-order valence-corrected chi connectivity index (χ2v) is 20.2. The first-order chi connectivity index (χ1) is 26.5. The molecule has 0 bridgehead atoms. The number of carbonyl (C=O) groups is 3. The Morgan fingerprint density at radius 2 is 1.64 bits per heavy atom. The Morgan fingerprint density at radius 3 is 2.31 bits per heavy atom. The minimum absolute atomic E-state index is 0.0503. The Balaban J connectivity index is 1.29. The summed E-state index contributed by atoms with van der Waals surface area (Å²) in [4.78, 5) is 47.7. The quantitative estimate of drug-likeness (QED) is 0.167. The number of nitrogens with zero attached hydrogens (tertiary/aromatic N) is 3. The number of aliphatic hydroxyl groups is 1. The van der Waals surface area contributed by atoms with Gasteiger partial charge in [0.15, 0.2) is 5.60 Å². The summed E-state index contributed by atoms with van der Waals surface area (Å²) < 4.78 is 18.5. The zero-order valence-corrected chi connectivity index (χ0v) is 33.4. The van der Waals surface area contributed by atoms with Crippen LogP contribution in [0.5, 0.6) is 11.5 Å². The van der Waals surface area contributed by atoms with Crippen molar-refractivity contribution in [2.24, 2.45) is 5.92 Å². The van der Waals surface area contributed by atoms with Crippen molar-refractivity contribution >= 4 is 42.4 Å². The van der Waals surface area contributed by atoms with Crippen molar-refractivity contribution in [2.75, 3.05) is 43.7 Å². The summed E-state index contributed by atoms with van der Waals surface area (Å²) in [5, 5.41) is 11.2. The molecule has 2 saturated heterocycles. The van der Waals surface area contributed by atoms with Gasteiger partial charge >= 0.3 is 0 Å². The van der Waals surface area contributed by atoms with Crippen LogP contribution in [-0.4, -0.2) is 75.8 Å². The fraction of sp³-hybridized carbons (Fsp3) is 0.386. The average Bonchev–Trinajstić information content (AvgIpc) is 3.83. The zero-order chi connectivity index (χ0) is 38.9. The molecule has 0 aromatic heterocycles. The monoisotopic (exact) mass is 761 g/mol. The molecule has 7 rings (SSSR count). The van der Waals surface area contributed by atoms with Crippen molar-refractivity contribution in [1.82, 2.24) is 4.90 Å². The van der Waals surface area contributed by atoms with Gasteiger partial charge in [0.2, 0.25) is 11.8 Å². The number of anilines is 2. The molecule has 0 saturated carbocycles. The van der Waals surface area contributed by atoms with E-state index in [2.05, 4.69) is 32.2 Å². The van der Waals surface area contributed by atoms with E-state index in [-0.39, 0.29) is 55.3 Å². The number of amides is 3. The van der Waals surface area contributed by atoms with Gasteiger partial charge < -0.3 is 34.0 Å². The van der Waals surface area contributed by atoms with Gasteiger partial charge in [0.1, 0.15) is 11.5 Å². The number of rotatable bonds is 13. The lowest BCUT2D eigenvalue weighted by Crippen LogP contribution is -2.52.